The van der Waals surface area contributed by atoms with Crippen LogP contribution in [-0.2, 0) is 4.79 Å². The average Bonchev–Trinajstić information content (AvgIpc) is 2.60. The molecule has 116 valence electrons. The van der Waals surface area contributed by atoms with Gasteiger partial charge in [0.25, 0.3) is 5.91 Å². The van der Waals surface area contributed by atoms with Crippen molar-refractivity contribution in [3.63, 3.8) is 0 Å². The molecule has 0 radical (unpaired) electrons. The molecule has 6 heteroatoms. The van der Waals surface area contributed by atoms with E-state index in [4.69, 9.17) is 14.7 Å². The predicted octanol–water partition coefficient (Wildman–Crippen LogP) is 2.40. The van der Waals surface area contributed by atoms with Gasteiger partial charge in [0.05, 0.1) is 18.7 Å². The fourth-order valence-electron chi connectivity index (χ4n) is 1.85. The van der Waals surface area contributed by atoms with Crippen LogP contribution in [0.4, 0.5) is 5.69 Å². The summed E-state index contributed by atoms with van der Waals surface area (Å²) in [5, 5.41) is 11.4. The zero-order chi connectivity index (χ0) is 16.7. The standard InChI is InChI=1S/C17H14N2O4/c1-22-15-7-4-13(10-20)8-16(15)23-11-17(21)19-14-5-2-12(9-18)3-6-14/h2-8,10H,11H2,1H3,(H,19,21). The van der Waals surface area contributed by atoms with Crippen LogP contribution in [0, 0.1) is 11.3 Å². The third-order valence-electron chi connectivity index (χ3n) is 2.98. The maximum atomic E-state index is 11.9. The Hall–Kier alpha value is -3.33. The predicted molar refractivity (Wildman–Crippen MR) is 83.7 cm³/mol. The van der Waals surface area contributed by atoms with Crippen molar-refractivity contribution in [1.82, 2.24) is 0 Å². The minimum absolute atomic E-state index is 0.237. The number of nitrogens with zero attached hydrogens (tertiary/aromatic N) is 1. The third kappa shape index (κ3) is 4.32. The van der Waals surface area contributed by atoms with E-state index in [-0.39, 0.29) is 12.5 Å². The summed E-state index contributed by atoms with van der Waals surface area (Å²) in [5.41, 5.74) is 1.49. The summed E-state index contributed by atoms with van der Waals surface area (Å²) in [7, 11) is 1.47. The van der Waals surface area contributed by atoms with Crippen molar-refractivity contribution in [2.75, 3.05) is 19.0 Å². The molecule has 6 nitrogen and oxygen atoms in total. The molecule has 0 saturated carbocycles. The molecule has 0 heterocycles. The van der Waals surface area contributed by atoms with Crippen LogP contribution < -0.4 is 14.8 Å². The second-order valence-corrected chi connectivity index (χ2v) is 4.55. The number of hydrogen-bond donors (Lipinski definition) is 1. The van der Waals surface area contributed by atoms with Crippen molar-refractivity contribution >= 4 is 17.9 Å². The maximum absolute atomic E-state index is 11.9. The summed E-state index contributed by atoms with van der Waals surface area (Å²) in [4.78, 5) is 22.7. The molecule has 1 N–H and O–H groups in total. The summed E-state index contributed by atoms with van der Waals surface area (Å²) in [6.45, 7) is -0.237. The number of carbonyl (C=O) groups excluding carboxylic acids is 2. The highest BCUT2D eigenvalue weighted by molar-refractivity contribution is 5.92. The van der Waals surface area contributed by atoms with Crippen LogP contribution in [0.2, 0.25) is 0 Å². The van der Waals surface area contributed by atoms with Gasteiger partial charge in [-0.2, -0.15) is 5.26 Å². The molecule has 0 fully saturated rings. The minimum Gasteiger partial charge on any atom is -0.493 e. The normalized spacial score (nSPS) is 9.57. The number of carbonyl (C=O) groups is 2. The third-order valence-corrected chi connectivity index (χ3v) is 2.98. The van der Waals surface area contributed by atoms with Crippen LogP contribution in [0.25, 0.3) is 0 Å². The summed E-state index contributed by atoms with van der Waals surface area (Å²) in [6, 6.07) is 13.2. The molecule has 2 aromatic carbocycles. The number of aldehydes is 1. The van der Waals surface area contributed by atoms with Crippen LogP contribution >= 0.6 is 0 Å². The lowest BCUT2D eigenvalue weighted by atomic mass is 10.2. The van der Waals surface area contributed by atoms with Gasteiger partial charge in [-0.05, 0) is 42.5 Å². The molecule has 0 atom stereocenters. The van der Waals surface area contributed by atoms with E-state index >= 15 is 0 Å². The minimum atomic E-state index is -0.367. The van der Waals surface area contributed by atoms with E-state index in [1.54, 1.807) is 36.4 Å². The van der Waals surface area contributed by atoms with Crippen molar-refractivity contribution in [1.29, 1.82) is 5.26 Å². The summed E-state index contributed by atoms with van der Waals surface area (Å²) in [6.07, 6.45) is 0.684. The van der Waals surface area contributed by atoms with Gasteiger partial charge in [0.2, 0.25) is 0 Å². The molecular weight excluding hydrogens is 296 g/mol. The molecule has 2 rings (SSSR count). The molecule has 0 spiro atoms. The number of nitrogens with one attached hydrogen (secondary N) is 1. The van der Waals surface area contributed by atoms with E-state index in [0.717, 1.165) is 0 Å². The van der Waals surface area contributed by atoms with Crippen LogP contribution in [-0.4, -0.2) is 25.9 Å². The highest BCUT2D eigenvalue weighted by Crippen LogP contribution is 2.27. The molecule has 0 saturated heterocycles. The molecule has 2 aromatic rings. The molecular formula is C17H14N2O4. The highest BCUT2D eigenvalue weighted by Gasteiger charge is 2.09. The van der Waals surface area contributed by atoms with Crippen molar-refractivity contribution < 1.29 is 19.1 Å². The SMILES string of the molecule is COc1ccc(C=O)cc1OCC(=O)Nc1ccc(C#N)cc1. The Morgan fingerprint density at radius 1 is 1.22 bits per heavy atom. The molecule has 0 aliphatic carbocycles. The van der Waals surface area contributed by atoms with E-state index in [9.17, 15) is 9.59 Å². The summed E-state index contributed by atoms with van der Waals surface area (Å²) < 4.78 is 10.5. The van der Waals surface area contributed by atoms with E-state index in [1.165, 1.54) is 13.2 Å². The van der Waals surface area contributed by atoms with Gasteiger partial charge in [0.15, 0.2) is 18.1 Å². The Morgan fingerprint density at radius 2 is 1.96 bits per heavy atom. The summed E-state index contributed by atoms with van der Waals surface area (Å²) in [5.74, 6) is 0.377. The zero-order valence-corrected chi connectivity index (χ0v) is 12.4. The lowest BCUT2D eigenvalue weighted by Crippen LogP contribution is -2.20. The monoisotopic (exact) mass is 310 g/mol. The quantitative estimate of drug-likeness (QED) is 0.828. The topological polar surface area (TPSA) is 88.4 Å². The largest absolute Gasteiger partial charge is 0.493 e. The smallest absolute Gasteiger partial charge is 0.262 e. The Labute approximate surface area is 133 Å². The molecule has 0 bridgehead atoms. The maximum Gasteiger partial charge on any atom is 0.262 e. The molecule has 0 aliphatic rings. The molecule has 0 aliphatic heterocycles. The molecule has 1 amide bonds. The Balaban J connectivity index is 1.98. The highest BCUT2D eigenvalue weighted by atomic mass is 16.5. The molecule has 0 unspecified atom stereocenters. The van der Waals surface area contributed by atoms with E-state index in [0.29, 0.717) is 34.6 Å². The van der Waals surface area contributed by atoms with E-state index in [2.05, 4.69) is 5.32 Å². The first-order chi connectivity index (χ1) is 11.2. The van der Waals surface area contributed by atoms with Gasteiger partial charge in [-0.3, -0.25) is 9.59 Å². The second kappa shape index (κ2) is 7.61. The van der Waals surface area contributed by atoms with E-state index in [1.807, 2.05) is 6.07 Å². The van der Waals surface area contributed by atoms with Gasteiger partial charge in [0.1, 0.15) is 6.29 Å². The first-order valence-corrected chi connectivity index (χ1v) is 6.72. The van der Waals surface area contributed by atoms with Crippen LogP contribution in [0.1, 0.15) is 15.9 Å². The van der Waals surface area contributed by atoms with E-state index < -0.39 is 0 Å². The van der Waals surface area contributed by atoms with Gasteiger partial charge in [-0.25, -0.2) is 0 Å². The number of amides is 1. The fourth-order valence-corrected chi connectivity index (χ4v) is 1.85. The number of methoxy groups -OCH3 is 1. The summed E-state index contributed by atoms with van der Waals surface area (Å²) >= 11 is 0. The van der Waals surface area contributed by atoms with Gasteiger partial charge >= 0.3 is 0 Å². The molecule has 0 aromatic heterocycles. The van der Waals surface area contributed by atoms with Crippen molar-refractivity contribution in [2.45, 2.75) is 0 Å². The number of anilines is 1. The second-order valence-electron chi connectivity index (χ2n) is 4.55. The van der Waals surface area contributed by atoms with Crippen molar-refractivity contribution in [3.05, 3.63) is 53.6 Å². The Kier molecular flexibility index (Phi) is 5.31. The zero-order valence-electron chi connectivity index (χ0n) is 12.4. The van der Waals surface area contributed by atoms with Gasteiger partial charge in [-0.15, -0.1) is 0 Å². The fraction of sp³-hybridized carbons (Fsp3) is 0.118. The van der Waals surface area contributed by atoms with Gasteiger partial charge in [-0.1, -0.05) is 0 Å². The number of hydrogen-bond acceptors (Lipinski definition) is 5. The van der Waals surface area contributed by atoms with Crippen LogP contribution in [0.3, 0.4) is 0 Å². The number of benzene rings is 2. The lowest BCUT2D eigenvalue weighted by molar-refractivity contribution is -0.118. The number of nitriles is 1. The average molecular weight is 310 g/mol. The van der Waals surface area contributed by atoms with Crippen LogP contribution in [0.5, 0.6) is 11.5 Å². The lowest BCUT2D eigenvalue weighted by Gasteiger charge is -2.11. The Bertz CT molecular complexity index is 748. The first kappa shape index (κ1) is 16.0. The molecule has 23 heavy (non-hydrogen) atoms. The number of ether oxygens (including phenoxy) is 2. The van der Waals surface area contributed by atoms with Crippen molar-refractivity contribution in [3.8, 4) is 17.6 Å². The van der Waals surface area contributed by atoms with Crippen molar-refractivity contribution in [2.24, 2.45) is 0 Å². The van der Waals surface area contributed by atoms with Gasteiger partial charge in [0, 0.05) is 11.3 Å². The number of rotatable bonds is 6. The first-order valence-electron chi connectivity index (χ1n) is 6.72. The Morgan fingerprint density at radius 3 is 2.57 bits per heavy atom. The van der Waals surface area contributed by atoms with Gasteiger partial charge < -0.3 is 14.8 Å². The van der Waals surface area contributed by atoms with Crippen LogP contribution in [0.15, 0.2) is 42.5 Å².